The summed E-state index contributed by atoms with van der Waals surface area (Å²) in [5.41, 5.74) is 1.70. The number of halogens is 1. The minimum Gasteiger partial charge on any atom is -0.479 e. The highest BCUT2D eigenvalue weighted by molar-refractivity contribution is 7.08. The van der Waals surface area contributed by atoms with Gasteiger partial charge in [0.15, 0.2) is 12.7 Å². The molecular weight excluding hydrogens is 364 g/mol. The van der Waals surface area contributed by atoms with E-state index in [0.717, 1.165) is 11.1 Å². The molecule has 0 bridgehead atoms. The zero-order valence-electron chi connectivity index (χ0n) is 13.6. The normalized spacial score (nSPS) is 12.0. The molecule has 3 rings (SSSR count). The number of carbonyl (C=O) groups excluding carboxylic acids is 1. The first-order valence-electron chi connectivity index (χ1n) is 7.47. The number of carbonyl (C=O) groups is 1. The van der Waals surface area contributed by atoms with E-state index < -0.39 is 12.1 Å². The van der Waals surface area contributed by atoms with Crippen LogP contribution >= 0.6 is 22.9 Å². The van der Waals surface area contributed by atoms with Crippen molar-refractivity contribution in [2.75, 3.05) is 0 Å². The van der Waals surface area contributed by atoms with Gasteiger partial charge in [-0.2, -0.15) is 16.3 Å². The summed E-state index contributed by atoms with van der Waals surface area (Å²) in [6, 6.07) is 7.06. The van der Waals surface area contributed by atoms with Crippen molar-refractivity contribution in [3.8, 4) is 17.1 Å². The topological polar surface area (TPSA) is 74.5 Å². The van der Waals surface area contributed by atoms with Gasteiger partial charge < -0.3 is 14.0 Å². The number of hydrogen-bond acceptors (Lipinski definition) is 7. The van der Waals surface area contributed by atoms with Crippen LogP contribution in [0.1, 0.15) is 18.4 Å². The number of benzene rings is 1. The van der Waals surface area contributed by atoms with Gasteiger partial charge in [0, 0.05) is 16.0 Å². The van der Waals surface area contributed by atoms with Crippen LogP contribution in [0.25, 0.3) is 11.4 Å². The van der Waals surface area contributed by atoms with Crippen LogP contribution < -0.4 is 4.74 Å². The number of aryl methyl sites for hydroxylation is 1. The van der Waals surface area contributed by atoms with E-state index in [1.54, 1.807) is 25.1 Å². The Morgan fingerprint density at radius 2 is 2.24 bits per heavy atom. The Hall–Kier alpha value is -2.38. The fraction of sp³-hybridized carbons (Fsp3) is 0.235. The van der Waals surface area contributed by atoms with E-state index in [1.807, 2.05) is 23.8 Å². The molecule has 0 fully saturated rings. The molecular formula is C17H15ClN2O4S. The van der Waals surface area contributed by atoms with Crippen LogP contribution in [0.5, 0.6) is 5.75 Å². The number of thiophene rings is 1. The smallest absolute Gasteiger partial charge is 0.347 e. The van der Waals surface area contributed by atoms with Crippen LogP contribution in [0.15, 0.2) is 39.5 Å². The van der Waals surface area contributed by atoms with Gasteiger partial charge in [-0.1, -0.05) is 16.8 Å². The average Bonchev–Trinajstić information content (AvgIpc) is 3.26. The molecule has 0 saturated heterocycles. The second kappa shape index (κ2) is 7.67. The van der Waals surface area contributed by atoms with Crippen molar-refractivity contribution in [1.29, 1.82) is 0 Å². The molecule has 0 aliphatic rings. The molecule has 0 saturated carbocycles. The second-order valence-electron chi connectivity index (χ2n) is 5.30. The summed E-state index contributed by atoms with van der Waals surface area (Å²) in [5, 5.41) is 8.29. The summed E-state index contributed by atoms with van der Waals surface area (Å²) in [4.78, 5) is 16.3. The minimum absolute atomic E-state index is 0.108. The molecule has 0 spiro atoms. The van der Waals surface area contributed by atoms with E-state index in [0.29, 0.717) is 16.6 Å². The third-order valence-electron chi connectivity index (χ3n) is 3.36. The summed E-state index contributed by atoms with van der Waals surface area (Å²) in [5.74, 6) is 0.744. The predicted octanol–water partition coefficient (Wildman–Crippen LogP) is 4.27. The number of esters is 1. The molecule has 0 aliphatic heterocycles. The molecule has 2 aromatic heterocycles. The number of rotatable bonds is 6. The molecule has 6 nitrogen and oxygen atoms in total. The van der Waals surface area contributed by atoms with Crippen LogP contribution in [0.2, 0.25) is 5.02 Å². The van der Waals surface area contributed by atoms with E-state index in [1.165, 1.54) is 11.3 Å². The summed E-state index contributed by atoms with van der Waals surface area (Å²) in [7, 11) is 0. The second-order valence-corrected chi connectivity index (χ2v) is 6.52. The lowest BCUT2D eigenvalue weighted by molar-refractivity contribution is -0.153. The molecule has 0 amide bonds. The Labute approximate surface area is 153 Å². The van der Waals surface area contributed by atoms with Gasteiger partial charge in [0.05, 0.1) is 0 Å². The van der Waals surface area contributed by atoms with Crippen LogP contribution in [-0.2, 0) is 16.1 Å². The van der Waals surface area contributed by atoms with Crippen molar-refractivity contribution < 1.29 is 18.8 Å². The molecule has 1 atom stereocenters. The van der Waals surface area contributed by atoms with Crippen molar-refractivity contribution in [2.45, 2.75) is 26.6 Å². The summed E-state index contributed by atoms with van der Waals surface area (Å²) < 4.78 is 15.9. The third-order valence-corrected chi connectivity index (χ3v) is 4.28. The molecule has 1 unspecified atom stereocenters. The van der Waals surface area contributed by atoms with E-state index in [9.17, 15) is 4.79 Å². The van der Waals surface area contributed by atoms with Crippen molar-refractivity contribution in [1.82, 2.24) is 10.1 Å². The molecule has 0 aliphatic carbocycles. The SMILES string of the molecule is Cc1cc(Cl)ccc1OC(C)C(=O)OCc1nc(-c2ccsc2)no1. The average molecular weight is 379 g/mol. The summed E-state index contributed by atoms with van der Waals surface area (Å²) in [6.45, 7) is 3.36. The Morgan fingerprint density at radius 3 is 2.96 bits per heavy atom. The minimum atomic E-state index is -0.779. The Balaban J connectivity index is 1.55. The maximum Gasteiger partial charge on any atom is 0.347 e. The summed E-state index contributed by atoms with van der Waals surface area (Å²) in [6.07, 6.45) is -0.779. The monoisotopic (exact) mass is 378 g/mol. The van der Waals surface area contributed by atoms with Gasteiger partial charge in [-0.3, -0.25) is 0 Å². The van der Waals surface area contributed by atoms with Crippen molar-refractivity contribution >= 4 is 28.9 Å². The van der Waals surface area contributed by atoms with Crippen molar-refractivity contribution in [3.63, 3.8) is 0 Å². The van der Waals surface area contributed by atoms with Gasteiger partial charge in [-0.05, 0) is 49.1 Å². The van der Waals surface area contributed by atoms with Gasteiger partial charge in [-0.15, -0.1) is 0 Å². The van der Waals surface area contributed by atoms with Crippen LogP contribution in [0, 0.1) is 6.92 Å². The maximum atomic E-state index is 12.1. The molecule has 3 aromatic rings. The first kappa shape index (κ1) is 17.4. The largest absolute Gasteiger partial charge is 0.479 e. The van der Waals surface area contributed by atoms with E-state index >= 15 is 0 Å². The zero-order valence-corrected chi connectivity index (χ0v) is 15.1. The van der Waals surface area contributed by atoms with Gasteiger partial charge in [0.2, 0.25) is 5.82 Å². The number of aromatic nitrogens is 2. The van der Waals surface area contributed by atoms with Gasteiger partial charge in [0.25, 0.3) is 5.89 Å². The Bertz CT molecular complexity index is 863. The Kier molecular flexibility index (Phi) is 5.35. The van der Waals surface area contributed by atoms with Crippen molar-refractivity contribution in [2.24, 2.45) is 0 Å². The highest BCUT2D eigenvalue weighted by Gasteiger charge is 2.19. The predicted molar refractivity (Wildman–Crippen MR) is 93.7 cm³/mol. The maximum absolute atomic E-state index is 12.1. The number of nitrogens with zero attached hydrogens (tertiary/aromatic N) is 2. The van der Waals surface area contributed by atoms with E-state index in [-0.39, 0.29) is 12.5 Å². The van der Waals surface area contributed by atoms with Crippen molar-refractivity contribution in [3.05, 3.63) is 51.5 Å². The first-order valence-corrected chi connectivity index (χ1v) is 8.79. The molecule has 8 heteroatoms. The molecule has 2 heterocycles. The third kappa shape index (κ3) is 4.37. The lowest BCUT2D eigenvalue weighted by Gasteiger charge is -2.15. The number of hydrogen-bond donors (Lipinski definition) is 0. The van der Waals surface area contributed by atoms with Gasteiger partial charge >= 0.3 is 5.97 Å². The zero-order chi connectivity index (χ0) is 17.8. The van der Waals surface area contributed by atoms with E-state index in [2.05, 4.69) is 10.1 Å². The highest BCUT2D eigenvalue weighted by atomic mass is 35.5. The fourth-order valence-corrected chi connectivity index (χ4v) is 2.92. The summed E-state index contributed by atoms with van der Waals surface area (Å²) >= 11 is 7.44. The standard InChI is InChI=1S/C17H15ClN2O4S/c1-10-7-13(18)3-4-14(10)23-11(2)17(21)22-8-15-19-16(20-24-15)12-5-6-25-9-12/h3-7,9,11H,8H2,1-2H3. The van der Waals surface area contributed by atoms with E-state index in [4.69, 9.17) is 25.6 Å². The molecule has 130 valence electrons. The number of ether oxygens (including phenoxy) is 2. The van der Waals surface area contributed by atoms with Crippen LogP contribution in [-0.4, -0.2) is 22.2 Å². The van der Waals surface area contributed by atoms with Gasteiger partial charge in [-0.25, -0.2) is 4.79 Å². The van der Waals surface area contributed by atoms with Crippen LogP contribution in [0.3, 0.4) is 0 Å². The lowest BCUT2D eigenvalue weighted by atomic mass is 10.2. The molecule has 1 aromatic carbocycles. The van der Waals surface area contributed by atoms with Gasteiger partial charge in [0.1, 0.15) is 5.75 Å². The highest BCUT2D eigenvalue weighted by Crippen LogP contribution is 2.23. The van der Waals surface area contributed by atoms with Crippen LogP contribution in [0.4, 0.5) is 0 Å². The molecule has 0 radical (unpaired) electrons. The quantitative estimate of drug-likeness (QED) is 0.596. The Morgan fingerprint density at radius 1 is 1.40 bits per heavy atom. The lowest BCUT2D eigenvalue weighted by Crippen LogP contribution is -2.26. The first-order chi connectivity index (χ1) is 12.0. The fourth-order valence-electron chi connectivity index (χ4n) is 2.06. The molecule has 25 heavy (non-hydrogen) atoms. The molecule has 0 N–H and O–H groups in total.